The lowest BCUT2D eigenvalue weighted by atomic mass is 10.0. The van der Waals surface area contributed by atoms with Crippen molar-refractivity contribution in [3.63, 3.8) is 0 Å². The van der Waals surface area contributed by atoms with Crippen LogP contribution in [0.4, 0.5) is 24.0 Å². The summed E-state index contributed by atoms with van der Waals surface area (Å²) in [5, 5.41) is 19.9. The lowest BCUT2D eigenvalue weighted by molar-refractivity contribution is -0.384. The van der Waals surface area contributed by atoms with Crippen molar-refractivity contribution in [2.45, 2.75) is 24.2 Å². The third kappa shape index (κ3) is 7.03. The van der Waals surface area contributed by atoms with Gasteiger partial charge in [0.05, 0.1) is 4.92 Å². The Labute approximate surface area is 257 Å². The number of nitrogens with one attached hydrogen (secondary N) is 2. The third-order valence-electron chi connectivity index (χ3n) is 5.78. The lowest BCUT2D eigenvalue weighted by Crippen LogP contribution is -2.71. The number of halogens is 3. The molecule has 0 aliphatic carbocycles. The van der Waals surface area contributed by atoms with E-state index in [1.54, 1.807) is 5.32 Å². The molecule has 3 heterocycles. The lowest BCUT2D eigenvalue weighted by Gasteiger charge is -2.49. The van der Waals surface area contributed by atoms with Crippen LogP contribution in [0.5, 0.6) is 0 Å². The van der Waals surface area contributed by atoms with Gasteiger partial charge in [-0.25, -0.2) is 9.78 Å². The highest BCUT2D eigenvalue weighted by Gasteiger charge is 2.55. The van der Waals surface area contributed by atoms with E-state index in [4.69, 9.17) is 4.74 Å². The number of alkyl halides is 3. The van der Waals surface area contributed by atoms with Gasteiger partial charge in [-0.05, 0) is 23.1 Å². The van der Waals surface area contributed by atoms with Crippen molar-refractivity contribution in [3.05, 3.63) is 73.6 Å². The number of hydrogen-bond acceptors (Lipinski definition) is 13. The van der Waals surface area contributed by atoms with E-state index in [0.717, 1.165) is 24.3 Å². The summed E-state index contributed by atoms with van der Waals surface area (Å²) in [4.78, 5) is 71.1. The smallest absolute Gasteiger partial charge is 0.456 e. The summed E-state index contributed by atoms with van der Waals surface area (Å²) < 4.78 is 43.1. The van der Waals surface area contributed by atoms with Gasteiger partial charge in [-0.1, -0.05) is 23.5 Å². The Hall–Kier alpha value is -4.43. The number of thioether (sulfide) groups is 2. The minimum absolute atomic E-state index is 0.0496. The van der Waals surface area contributed by atoms with Gasteiger partial charge in [-0.2, -0.15) is 13.2 Å². The van der Waals surface area contributed by atoms with E-state index >= 15 is 0 Å². The first-order chi connectivity index (χ1) is 20.8. The zero-order valence-electron chi connectivity index (χ0n) is 22.2. The molecule has 0 bridgehead atoms. The Morgan fingerprint density at radius 1 is 1.32 bits per heavy atom. The predicted octanol–water partition coefficient (Wildman–Crippen LogP) is 3.13. The summed E-state index contributed by atoms with van der Waals surface area (Å²) in [7, 11) is 1.11. The molecule has 1 fully saturated rings. The second kappa shape index (κ2) is 13.5. The SMILES string of the molecule is C=CSC1=C(C(=O)OCc2ccc([N+](=O)[O-])cc2)N2C(=O)C(NC(=O)C(=NOC)c3csc(NC(=O)C(F)(F)F)n3)[C@@H]2SC1. The van der Waals surface area contributed by atoms with Gasteiger partial charge in [0.25, 0.3) is 17.5 Å². The number of ether oxygens (including phenoxy) is 1. The highest BCUT2D eigenvalue weighted by Crippen LogP contribution is 2.44. The number of β-lactam (4-membered cyclic amide) rings is 1. The van der Waals surface area contributed by atoms with Crippen LogP contribution in [0.25, 0.3) is 0 Å². The number of oxime groups is 1. The number of thiazole rings is 1. The molecule has 44 heavy (non-hydrogen) atoms. The van der Waals surface area contributed by atoms with Crippen molar-refractivity contribution in [1.29, 1.82) is 0 Å². The van der Waals surface area contributed by atoms with E-state index in [1.165, 1.54) is 46.3 Å². The van der Waals surface area contributed by atoms with Gasteiger partial charge in [0.15, 0.2) is 10.8 Å². The first-order valence-corrected chi connectivity index (χ1v) is 14.8. The van der Waals surface area contributed by atoms with E-state index in [9.17, 15) is 42.5 Å². The van der Waals surface area contributed by atoms with E-state index in [1.807, 2.05) is 0 Å². The van der Waals surface area contributed by atoms with Gasteiger partial charge < -0.3 is 14.9 Å². The molecule has 20 heteroatoms. The Kier molecular flexibility index (Phi) is 9.95. The number of fused-ring (bicyclic) bond motifs is 1. The van der Waals surface area contributed by atoms with Gasteiger partial charge >= 0.3 is 18.1 Å². The van der Waals surface area contributed by atoms with Crippen LogP contribution >= 0.6 is 34.9 Å². The number of anilines is 1. The monoisotopic (exact) mass is 672 g/mol. The summed E-state index contributed by atoms with van der Waals surface area (Å²) in [6.07, 6.45) is -5.16. The second-order valence-electron chi connectivity index (χ2n) is 8.53. The Bertz CT molecular complexity index is 1580. The number of non-ortho nitro benzene ring substituents is 1. The molecular weight excluding hydrogens is 653 g/mol. The molecule has 14 nitrogen and oxygen atoms in total. The van der Waals surface area contributed by atoms with E-state index < -0.39 is 57.0 Å². The number of hydrogen-bond donors (Lipinski definition) is 2. The zero-order valence-corrected chi connectivity index (χ0v) is 24.6. The molecule has 4 rings (SSSR count). The molecule has 1 unspecified atom stereocenters. The highest BCUT2D eigenvalue weighted by atomic mass is 32.2. The molecular formula is C24H19F3N6O8S3. The van der Waals surface area contributed by atoms with Crippen molar-refractivity contribution in [2.75, 3.05) is 18.2 Å². The van der Waals surface area contributed by atoms with Crippen molar-refractivity contribution in [1.82, 2.24) is 15.2 Å². The van der Waals surface area contributed by atoms with Crippen LogP contribution in [0.3, 0.4) is 0 Å². The van der Waals surface area contributed by atoms with Gasteiger partial charge in [-0.3, -0.25) is 34.7 Å². The summed E-state index contributed by atoms with van der Waals surface area (Å²) in [5.74, 6) is -4.46. The van der Waals surface area contributed by atoms with Gasteiger partial charge in [-0.15, -0.1) is 23.1 Å². The number of benzene rings is 1. The molecule has 1 saturated heterocycles. The molecule has 1 aromatic heterocycles. The maximum absolute atomic E-state index is 13.2. The van der Waals surface area contributed by atoms with Crippen molar-refractivity contribution in [2.24, 2.45) is 5.16 Å². The molecule has 232 valence electrons. The van der Waals surface area contributed by atoms with Crippen LogP contribution in [-0.4, -0.2) is 74.7 Å². The molecule has 2 aliphatic heterocycles. The van der Waals surface area contributed by atoms with Crippen LogP contribution < -0.4 is 10.6 Å². The number of carbonyl (C=O) groups excluding carboxylic acids is 4. The average molecular weight is 673 g/mol. The molecule has 2 aromatic rings. The fraction of sp³-hybridized carbons (Fsp3) is 0.250. The van der Waals surface area contributed by atoms with Crippen molar-refractivity contribution >= 4 is 75.1 Å². The number of esters is 1. The summed E-state index contributed by atoms with van der Waals surface area (Å²) in [6, 6.07) is 4.23. The van der Waals surface area contributed by atoms with Crippen LogP contribution in [-0.2, 0) is 35.4 Å². The van der Waals surface area contributed by atoms with Crippen molar-refractivity contribution < 1.29 is 46.8 Å². The third-order valence-corrected chi connectivity index (χ3v) is 8.79. The van der Waals surface area contributed by atoms with Crippen LogP contribution in [0.2, 0.25) is 0 Å². The maximum Gasteiger partial charge on any atom is 0.471 e. The molecule has 2 aliphatic rings. The number of nitro groups is 1. The van der Waals surface area contributed by atoms with Crippen LogP contribution in [0.15, 0.2) is 57.4 Å². The molecule has 2 atom stereocenters. The van der Waals surface area contributed by atoms with Gasteiger partial charge in [0.2, 0.25) is 0 Å². The number of nitro benzene ring substituents is 1. The molecule has 0 radical (unpaired) electrons. The Morgan fingerprint density at radius 3 is 2.64 bits per heavy atom. The summed E-state index contributed by atoms with van der Waals surface area (Å²) >= 11 is 2.95. The number of rotatable bonds is 11. The number of nitrogens with zero attached hydrogens (tertiary/aromatic N) is 4. The van der Waals surface area contributed by atoms with Crippen molar-refractivity contribution in [3.8, 4) is 0 Å². The first kappa shape index (κ1) is 32.5. The predicted molar refractivity (Wildman–Crippen MR) is 153 cm³/mol. The first-order valence-electron chi connectivity index (χ1n) is 12.0. The number of aromatic nitrogens is 1. The number of carbonyl (C=O) groups is 4. The summed E-state index contributed by atoms with van der Waals surface area (Å²) in [6.45, 7) is 3.40. The normalized spacial score (nSPS) is 18.1. The second-order valence-corrected chi connectivity index (χ2v) is 11.6. The minimum Gasteiger partial charge on any atom is -0.456 e. The zero-order chi connectivity index (χ0) is 32.2. The maximum atomic E-state index is 13.2. The fourth-order valence-corrected chi connectivity index (χ4v) is 6.67. The Morgan fingerprint density at radius 2 is 2.02 bits per heavy atom. The highest BCUT2D eigenvalue weighted by molar-refractivity contribution is 8.08. The van der Waals surface area contributed by atoms with E-state index in [2.05, 4.69) is 26.9 Å². The van der Waals surface area contributed by atoms with E-state index in [-0.39, 0.29) is 29.4 Å². The molecule has 2 N–H and O–H groups in total. The topological polar surface area (TPSA) is 182 Å². The minimum atomic E-state index is -5.16. The van der Waals surface area contributed by atoms with E-state index in [0.29, 0.717) is 21.8 Å². The molecule has 3 amide bonds. The Balaban J connectivity index is 1.46. The quantitative estimate of drug-likeness (QED) is 0.118. The largest absolute Gasteiger partial charge is 0.471 e. The van der Waals surface area contributed by atoms with Crippen LogP contribution in [0.1, 0.15) is 11.3 Å². The molecule has 0 spiro atoms. The van der Waals surface area contributed by atoms with Gasteiger partial charge in [0, 0.05) is 28.2 Å². The molecule has 0 saturated carbocycles. The standard InChI is InChI=1S/C24H19F3N6O8S3/c1-3-42-14-10-43-20-16(19(35)32(20)17(14)21(36)41-8-11-4-6-12(7-5-11)33(38)39)29-18(34)15(31-40-2)13-9-44-23(28-13)30-22(37)24(25,26)27/h3-7,9,16,20H,1,8,10H2,2H3,(H,29,34)(H,28,30,37)/t16?,20-/m0/s1. The van der Waals surface area contributed by atoms with Gasteiger partial charge in [0.1, 0.15) is 36.5 Å². The summed E-state index contributed by atoms with van der Waals surface area (Å²) in [5.41, 5.74) is -0.430. The van der Waals surface area contributed by atoms with Crippen LogP contribution in [0, 0.1) is 10.1 Å². The molecule has 1 aromatic carbocycles. The average Bonchev–Trinajstić information content (AvgIpc) is 3.44. The fourth-order valence-electron chi connectivity index (χ4n) is 3.82. The number of amides is 3.